The fourth-order valence-electron chi connectivity index (χ4n) is 1.53. The van der Waals surface area contributed by atoms with Crippen LogP contribution in [0.25, 0.3) is 10.6 Å². The van der Waals surface area contributed by atoms with E-state index in [1.54, 1.807) is 12.4 Å². The van der Waals surface area contributed by atoms with Crippen molar-refractivity contribution in [3.8, 4) is 10.6 Å². The number of nitrogens with zero attached hydrogens (tertiary/aromatic N) is 2. The predicted molar refractivity (Wildman–Crippen MR) is 78.4 cm³/mol. The zero-order valence-corrected chi connectivity index (χ0v) is 12.2. The molecule has 2 rings (SSSR count). The maximum Gasteiger partial charge on any atom is 0.407 e. The van der Waals surface area contributed by atoms with Crippen LogP contribution in [-0.4, -0.2) is 22.7 Å². The van der Waals surface area contributed by atoms with Gasteiger partial charge in [-0.15, -0.1) is 11.3 Å². The van der Waals surface area contributed by atoms with Gasteiger partial charge in [0.15, 0.2) is 0 Å². The number of carbonyl (C=O) groups excluding carboxylic acids is 1. The summed E-state index contributed by atoms with van der Waals surface area (Å²) in [5.41, 5.74) is 1.80. The molecular weight excluding hydrogens is 274 g/mol. The molecule has 0 atom stereocenters. The van der Waals surface area contributed by atoms with Crippen molar-refractivity contribution in [3.63, 3.8) is 0 Å². The first-order chi connectivity index (χ1) is 9.79. The second-order valence-corrected chi connectivity index (χ2v) is 5.09. The zero-order valence-electron chi connectivity index (χ0n) is 11.3. The number of nitrogens with one attached hydrogen (secondary N) is 1. The van der Waals surface area contributed by atoms with Crippen molar-refractivity contribution >= 4 is 17.4 Å². The number of aromatic nitrogens is 2. The highest BCUT2D eigenvalue weighted by Gasteiger charge is 2.06. The summed E-state index contributed by atoms with van der Waals surface area (Å²) < 4.78 is 5.01. The highest BCUT2D eigenvalue weighted by Crippen LogP contribution is 2.22. The molecule has 6 heteroatoms. The Kier molecular flexibility index (Phi) is 5.49. The van der Waals surface area contributed by atoms with Crippen LogP contribution in [0, 0.1) is 0 Å². The van der Waals surface area contributed by atoms with Crippen molar-refractivity contribution in [2.75, 3.05) is 6.61 Å². The van der Waals surface area contributed by atoms with Crippen LogP contribution in [0.5, 0.6) is 0 Å². The van der Waals surface area contributed by atoms with E-state index in [0.29, 0.717) is 13.2 Å². The molecule has 0 unspecified atom stereocenters. The van der Waals surface area contributed by atoms with Gasteiger partial charge in [0.25, 0.3) is 0 Å². The minimum Gasteiger partial charge on any atom is -0.450 e. The highest BCUT2D eigenvalue weighted by molar-refractivity contribution is 7.13. The first kappa shape index (κ1) is 14.5. The Balaban J connectivity index is 1.83. The number of amides is 1. The van der Waals surface area contributed by atoms with Crippen LogP contribution in [0.15, 0.2) is 29.9 Å². The summed E-state index contributed by atoms with van der Waals surface area (Å²) in [6.45, 7) is 2.89. The standard InChI is InChI=1S/C14H17N3O2S/c1-2-3-7-19-14(18)16-9-12-10-20-13(17-12)11-5-4-6-15-8-11/h4-6,8,10H,2-3,7,9H2,1H3,(H,16,18). The predicted octanol–water partition coefficient (Wildman–Crippen LogP) is 3.23. The molecular formula is C14H17N3O2S. The van der Waals surface area contributed by atoms with Gasteiger partial charge < -0.3 is 10.1 Å². The van der Waals surface area contributed by atoms with Gasteiger partial charge in [-0.2, -0.15) is 0 Å². The molecule has 2 heterocycles. The van der Waals surface area contributed by atoms with E-state index in [4.69, 9.17) is 4.74 Å². The number of unbranched alkanes of at least 4 members (excludes halogenated alkanes) is 1. The summed E-state index contributed by atoms with van der Waals surface area (Å²) in [4.78, 5) is 19.9. The van der Waals surface area contributed by atoms with Crippen LogP contribution in [0.3, 0.4) is 0 Å². The molecule has 1 amide bonds. The van der Waals surface area contributed by atoms with Gasteiger partial charge in [0.1, 0.15) is 5.01 Å². The molecule has 20 heavy (non-hydrogen) atoms. The number of hydrogen-bond donors (Lipinski definition) is 1. The van der Waals surface area contributed by atoms with Crippen LogP contribution in [0.1, 0.15) is 25.5 Å². The SMILES string of the molecule is CCCCOC(=O)NCc1csc(-c2cccnc2)n1. The Morgan fingerprint density at radius 3 is 3.15 bits per heavy atom. The lowest BCUT2D eigenvalue weighted by Gasteiger charge is -2.04. The number of hydrogen-bond acceptors (Lipinski definition) is 5. The molecule has 0 radical (unpaired) electrons. The van der Waals surface area contributed by atoms with Crippen molar-refractivity contribution in [1.29, 1.82) is 0 Å². The number of rotatable bonds is 6. The van der Waals surface area contributed by atoms with Gasteiger partial charge in [-0.25, -0.2) is 9.78 Å². The van der Waals surface area contributed by atoms with E-state index in [2.05, 4.69) is 22.2 Å². The Morgan fingerprint density at radius 1 is 1.50 bits per heavy atom. The summed E-state index contributed by atoms with van der Waals surface area (Å²) in [6.07, 6.45) is 5.00. The van der Waals surface area contributed by atoms with Crippen molar-refractivity contribution < 1.29 is 9.53 Å². The molecule has 0 aliphatic carbocycles. The van der Waals surface area contributed by atoms with E-state index < -0.39 is 6.09 Å². The number of pyridine rings is 1. The summed E-state index contributed by atoms with van der Waals surface area (Å²) in [5.74, 6) is 0. The van der Waals surface area contributed by atoms with Gasteiger partial charge >= 0.3 is 6.09 Å². The second-order valence-electron chi connectivity index (χ2n) is 4.23. The molecule has 1 N–H and O–H groups in total. The lowest BCUT2D eigenvalue weighted by atomic mass is 10.3. The maximum absolute atomic E-state index is 11.4. The molecule has 0 saturated heterocycles. The Morgan fingerprint density at radius 2 is 2.40 bits per heavy atom. The second kappa shape index (κ2) is 7.59. The van der Waals surface area contributed by atoms with E-state index in [1.807, 2.05) is 17.5 Å². The van der Waals surface area contributed by atoms with Crippen molar-refractivity contribution in [2.24, 2.45) is 0 Å². The molecule has 0 fully saturated rings. The van der Waals surface area contributed by atoms with Gasteiger partial charge in [0, 0.05) is 23.3 Å². The number of alkyl carbamates (subject to hydrolysis) is 1. The van der Waals surface area contributed by atoms with Crippen LogP contribution in [0.2, 0.25) is 0 Å². The minimum absolute atomic E-state index is 0.377. The Bertz CT molecular complexity index is 542. The Hall–Kier alpha value is -1.95. The van der Waals surface area contributed by atoms with Gasteiger partial charge in [-0.05, 0) is 18.6 Å². The average Bonchev–Trinajstić information content (AvgIpc) is 2.95. The molecule has 2 aromatic rings. The van der Waals surface area contributed by atoms with E-state index in [9.17, 15) is 4.79 Å². The van der Waals surface area contributed by atoms with Crippen LogP contribution >= 0.6 is 11.3 Å². The zero-order chi connectivity index (χ0) is 14.2. The molecule has 0 spiro atoms. The molecule has 0 aromatic carbocycles. The number of thiazole rings is 1. The molecule has 0 bridgehead atoms. The van der Waals surface area contributed by atoms with Crippen LogP contribution in [0.4, 0.5) is 4.79 Å². The fraction of sp³-hybridized carbons (Fsp3) is 0.357. The van der Waals surface area contributed by atoms with Gasteiger partial charge in [0.05, 0.1) is 18.8 Å². The quantitative estimate of drug-likeness (QED) is 0.830. The summed E-state index contributed by atoms with van der Waals surface area (Å²) in [7, 11) is 0. The molecule has 2 aromatic heterocycles. The van der Waals surface area contributed by atoms with E-state index in [1.165, 1.54) is 11.3 Å². The minimum atomic E-state index is -0.394. The van der Waals surface area contributed by atoms with Crippen LogP contribution in [-0.2, 0) is 11.3 Å². The third kappa shape index (κ3) is 4.31. The largest absolute Gasteiger partial charge is 0.450 e. The highest BCUT2D eigenvalue weighted by atomic mass is 32.1. The number of ether oxygens (including phenoxy) is 1. The topological polar surface area (TPSA) is 64.1 Å². The summed E-state index contributed by atoms with van der Waals surface area (Å²) in [5, 5.41) is 5.51. The first-order valence-corrected chi connectivity index (χ1v) is 7.43. The van der Waals surface area contributed by atoms with Gasteiger partial charge in [0.2, 0.25) is 0 Å². The molecule has 0 saturated carbocycles. The molecule has 0 aliphatic rings. The van der Waals surface area contributed by atoms with Crippen molar-refractivity contribution in [1.82, 2.24) is 15.3 Å². The van der Waals surface area contributed by atoms with Crippen LogP contribution < -0.4 is 5.32 Å². The summed E-state index contributed by atoms with van der Waals surface area (Å²) >= 11 is 1.53. The Labute approximate surface area is 122 Å². The van der Waals surface area contributed by atoms with Gasteiger partial charge in [-0.1, -0.05) is 13.3 Å². The monoisotopic (exact) mass is 291 g/mol. The van der Waals surface area contributed by atoms with Crippen molar-refractivity contribution in [2.45, 2.75) is 26.3 Å². The summed E-state index contributed by atoms with van der Waals surface area (Å²) in [6, 6.07) is 3.84. The molecule has 0 aliphatic heterocycles. The number of carbonyl (C=O) groups is 1. The first-order valence-electron chi connectivity index (χ1n) is 6.55. The van der Waals surface area contributed by atoms with E-state index in [0.717, 1.165) is 29.1 Å². The maximum atomic E-state index is 11.4. The smallest absolute Gasteiger partial charge is 0.407 e. The normalized spacial score (nSPS) is 10.2. The third-order valence-corrected chi connectivity index (χ3v) is 3.55. The fourth-order valence-corrected chi connectivity index (χ4v) is 2.34. The lowest BCUT2D eigenvalue weighted by molar-refractivity contribution is 0.144. The van der Waals surface area contributed by atoms with Gasteiger partial charge in [-0.3, -0.25) is 4.98 Å². The molecule has 5 nitrogen and oxygen atoms in total. The molecule has 106 valence electrons. The average molecular weight is 291 g/mol. The van der Waals surface area contributed by atoms with E-state index in [-0.39, 0.29) is 0 Å². The lowest BCUT2D eigenvalue weighted by Crippen LogP contribution is -2.24. The van der Waals surface area contributed by atoms with Crippen molar-refractivity contribution in [3.05, 3.63) is 35.6 Å². The van der Waals surface area contributed by atoms with E-state index >= 15 is 0 Å². The third-order valence-electron chi connectivity index (χ3n) is 2.61.